The molecule has 0 bridgehead atoms. The monoisotopic (exact) mass is 426 g/mol. The first-order chi connectivity index (χ1) is 15.6. The van der Waals surface area contributed by atoms with E-state index >= 15 is 0 Å². The Hall–Kier alpha value is -3.44. The molecule has 3 aromatic rings. The number of aryl methyl sites for hydroxylation is 1. The summed E-state index contributed by atoms with van der Waals surface area (Å²) in [5, 5.41) is 10.7. The predicted molar refractivity (Wildman–Crippen MR) is 123 cm³/mol. The Balaban J connectivity index is 1.48. The first-order valence-electron chi connectivity index (χ1n) is 11.1. The number of pyridine rings is 1. The van der Waals surface area contributed by atoms with Crippen LogP contribution in [-0.4, -0.2) is 27.3 Å². The van der Waals surface area contributed by atoms with Gasteiger partial charge in [0.25, 0.3) is 0 Å². The number of ether oxygens (including phenoxy) is 1. The smallest absolute Gasteiger partial charge is 0.231 e. The van der Waals surface area contributed by atoms with E-state index < -0.39 is 0 Å². The Morgan fingerprint density at radius 2 is 2.03 bits per heavy atom. The highest BCUT2D eigenvalue weighted by atomic mass is 16.5. The molecule has 0 aliphatic carbocycles. The van der Waals surface area contributed by atoms with E-state index in [0.717, 1.165) is 36.9 Å². The van der Waals surface area contributed by atoms with Gasteiger partial charge in [-0.1, -0.05) is 36.8 Å². The van der Waals surface area contributed by atoms with E-state index in [2.05, 4.69) is 16.0 Å². The van der Waals surface area contributed by atoms with Crippen LogP contribution < -0.4 is 4.74 Å². The molecule has 1 atom stereocenters. The number of carbonyl (C=O) groups is 1. The number of aromatic hydroxyl groups is 1. The fourth-order valence-corrected chi connectivity index (χ4v) is 4.67. The molecule has 162 valence electrons. The van der Waals surface area contributed by atoms with Crippen LogP contribution in [0.25, 0.3) is 6.08 Å². The maximum Gasteiger partial charge on any atom is 0.231 e. The first-order valence-corrected chi connectivity index (χ1v) is 11.1. The maximum absolute atomic E-state index is 13.1. The molecular formula is C27H26N2O3. The molecule has 5 heteroatoms. The summed E-state index contributed by atoms with van der Waals surface area (Å²) in [5.74, 6) is 0.783. The zero-order valence-corrected chi connectivity index (χ0v) is 18.1. The highest BCUT2D eigenvalue weighted by Gasteiger charge is 2.33. The summed E-state index contributed by atoms with van der Waals surface area (Å²) in [4.78, 5) is 19.7. The lowest BCUT2D eigenvalue weighted by Gasteiger charge is -2.36. The van der Waals surface area contributed by atoms with Crippen molar-refractivity contribution in [3.63, 3.8) is 0 Å². The quantitative estimate of drug-likeness (QED) is 0.563. The van der Waals surface area contributed by atoms with Crippen molar-refractivity contribution in [3.8, 4) is 11.5 Å². The van der Waals surface area contributed by atoms with Crippen LogP contribution in [0.4, 0.5) is 0 Å². The van der Waals surface area contributed by atoms with Crippen molar-refractivity contribution in [2.24, 2.45) is 0 Å². The van der Waals surface area contributed by atoms with Gasteiger partial charge >= 0.3 is 0 Å². The highest BCUT2D eigenvalue weighted by Crippen LogP contribution is 2.42. The zero-order valence-electron chi connectivity index (χ0n) is 18.1. The summed E-state index contributed by atoms with van der Waals surface area (Å²) in [6, 6.07) is 15.4. The van der Waals surface area contributed by atoms with E-state index in [4.69, 9.17) is 4.74 Å². The van der Waals surface area contributed by atoms with Crippen LogP contribution in [0.3, 0.4) is 0 Å². The van der Waals surface area contributed by atoms with Gasteiger partial charge in [0.05, 0.1) is 11.1 Å². The molecule has 2 aliphatic heterocycles. The fourth-order valence-electron chi connectivity index (χ4n) is 4.67. The molecular weight excluding hydrogens is 400 g/mol. The second kappa shape index (κ2) is 8.60. The predicted octanol–water partition coefficient (Wildman–Crippen LogP) is 5.44. The van der Waals surface area contributed by atoms with Crippen LogP contribution in [-0.2, 0) is 6.54 Å². The summed E-state index contributed by atoms with van der Waals surface area (Å²) in [6.45, 7) is 3.44. The van der Waals surface area contributed by atoms with Crippen LogP contribution >= 0.6 is 0 Å². The maximum atomic E-state index is 13.1. The van der Waals surface area contributed by atoms with Crippen molar-refractivity contribution < 1.29 is 14.6 Å². The number of benzene rings is 2. The average Bonchev–Trinajstić information content (AvgIpc) is 3.13. The van der Waals surface area contributed by atoms with Crippen molar-refractivity contribution in [1.82, 2.24) is 9.88 Å². The molecule has 32 heavy (non-hydrogen) atoms. The Kier molecular flexibility index (Phi) is 5.50. The lowest BCUT2D eigenvalue weighted by molar-refractivity contribution is 0.101. The number of likely N-dealkylation sites (tertiary alicyclic amines) is 1. The van der Waals surface area contributed by atoms with Gasteiger partial charge in [-0.15, -0.1) is 0 Å². The molecule has 0 radical (unpaired) electrons. The lowest BCUT2D eigenvalue weighted by atomic mass is 9.95. The van der Waals surface area contributed by atoms with Crippen molar-refractivity contribution >= 4 is 11.9 Å². The Morgan fingerprint density at radius 1 is 1.16 bits per heavy atom. The molecule has 1 fully saturated rings. The summed E-state index contributed by atoms with van der Waals surface area (Å²) < 4.78 is 6.09. The van der Waals surface area contributed by atoms with E-state index in [1.54, 1.807) is 24.4 Å². The lowest BCUT2D eigenvalue weighted by Crippen LogP contribution is -2.33. The van der Waals surface area contributed by atoms with Crippen LogP contribution in [0.15, 0.2) is 66.7 Å². The molecule has 2 aromatic carbocycles. The van der Waals surface area contributed by atoms with E-state index in [0.29, 0.717) is 29.2 Å². The number of nitrogens with zero attached hydrogens (tertiary/aromatic N) is 2. The molecule has 0 unspecified atom stereocenters. The SMILES string of the molecule is Cc1ccccc1/C=C1\Oc2c(ccc(O)c2CN2CCCC[C@H]2c2cccnc2)C1=O. The third-order valence-corrected chi connectivity index (χ3v) is 6.44. The van der Waals surface area contributed by atoms with Gasteiger partial charge in [0.2, 0.25) is 5.78 Å². The molecule has 2 aliphatic rings. The summed E-state index contributed by atoms with van der Waals surface area (Å²) in [7, 11) is 0. The summed E-state index contributed by atoms with van der Waals surface area (Å²) in [6.07, 6.45) is 8.80. The van der Waals surface area contributed by atoms with E-state index in [9.17, 15) is 9.90 Å². The second-order valence-corrected chi connectivity index (χ2v) is 8.50. The van der Waals surface area contributed by atoms with Crippen LogP contribution in [0.1, 0.15) is 57.9 Å². The number of phenolic OH excluding ortho intramolecular Hbond substituents is 1. The van der Waals surface area contributed by atoms with Crippen molar-refractivity contribution in [2.45, 2.75) is 38.8 Å². The molecule has 1 aromatic heterocycles. The molecule has 5 nitrogen and oxygen atoms in total. The van der Waals surface area contributed by atoms with Crippen molar-refractivity contribution in [1.29, 1.82) is 0 Å². The van der Waals surface area contributed by atoms with Gasteiger partial charge in [-0.05, 0) is 67.3 Å². The number of fused-ring (bicyclic) bond motifs is 1. The van der Waals surface area contributed by atoms with Crippen LogP contribution in [0.2, 0.25) is 0 Å². The van der Waals surface area contributed by atoms with Gasteiger partial charge in [-0.3, -0.25) is 14.7 Å². The molecule has 3 heterocycles. The standard InChI is InChI=1S/C27H26N2O3/c1-18-7-2-3-8-19(18)15-25-26(31)21-11-12-24(30)22(27(21)32-25)17-29-14-5-4-10-23(29)20-9-6-13-28-16-20/h2-3,6-9,11-13,15-16,23,30H,4-5,10,14,17H2,1H3/b25-15-/t23-/m0/s1. The molecule has 0 spiro atoms. The number of aromatic nitrogens is 1. The summed E-state index contributed by atoms with van der Waals surface area (Å²) in [5.41, 5.74) is 4.37. The number of hydrogen-bond acceptors (Lipinski definition) is 5. The minimum absolute atomic E-state index is 0.146. The number of carbonyl (C=O) groups excluding carboxylic acids is 1. The summed E-state index contributed by atoms with van der Waals surface area (Å²) >= 11 is 0. The van der Waals surface area contributed by atoms with E-state index in [1.807, 2.05) is 43.5 Å². The number of hydrogen-bond donors (Lipinski definition) is 1. The van der Waals surface area contributed by atoms with Gasteiger partial charge in [0.15, 0.2) is 5.76 Å². The van der Waals surface area contributed by atoms with E-state index in [1.165, 1.54) is 5.56 Å². The molecule has 0 saturated carbocycles. The number of phenols is 1. The first kappa shape index (κ1) is 20.5. The Labute approximate surface area is 188 Å². The second-order valence-electron chi connectivity index (χ2n) is 8.50. The normalized spacial score (nSPS) is 19.7. The van der Waals surface area contributed by atoms with Crippen LogP contribution in [0.5, 0.6) is 11.5 Å². The van der Waals surface area contributed by atoms with Gasteiger partial charge in [-0.25, -0.2) is 0 Å². The van der Waals surface area contributed by atoms with Gasteiger partial charge < -0.3 is 9.84 Å². The number of allylic oxidation sites excluding steroid dienone is 1. The topological polar surface area (TPSA) is 62.7 Å². The molecule has 1 N–H and O–H groups in total. The minimum atomic E-state index is -0.146. The van der Waals surface area contributed by atoms with Crippen molar-refractivity contribution in [2.75, 3.05) is 6.54 Å². The Morgan fingerprint density at radius 3 is 2.84 bits per heavy atom. The van der Waals surface area contributed by atoms with Gasteiger partial charge in [0.1, 0.15) is 11.5 Å². The Bertz CT molecular complexity index is 1190. The number of rotatable bonds is 4. The number of Topliss-reactive ketones (excluding diaryl/α,β-unsaturated/α-hetero) is 1. The van der Waals surface area contributed by atoms with Crippen LogP contribution in [0, 0.1) is 6.92 Å². The number of piperidine rings is 1. The van der Waals surface area contributed by atoms with Gasteiger partial charge in [0, 0.05) is 25.0 Å². The zero-order chi connectivity index (χ0) is 22.1. The molecule has 0 amide bonds. The molecule has 1 saturated heterocycles. The van der Waals surface area contributed by atoms with E-state index in [-0.39, 0.29) is 17.6 Å². The average molecular weight is 427 g/mol. The minimum Gasteiger partial charge on any atom is -0.507 e. The third-order valence-electron chi connectivity index (χ3n) is 6.44. The molecule has 5 rings (SSSR count). The fraction of sp³-hybridized carbons (Fsp3) is 0.259. The van der Waals surface area contributed by atoms with Gasteiger partial charge in [-0.2, -0.15) is 0 Å². The third kappa shape index (κ3) is 3.80. The number of ketones is 1. The highest BCUT2D eigenvalue weighted by molar-refractivity contribution is 6.15. The van der Waals surface area contributed by atoms with Crippen molar-refractivity contribution in [3.05, 3.63) is 94.5 Å². The largest absolute Gasteiger partial charge is 0.507 e.